The van der Waals surface area contributed by atoms with Crippen LogP contribution >= 0.6 is 0 Å². The third-order valence-electron chi connectivity index (χ3n) is 0.761. The quantitative estimate of drug-likeness (QED) is 0.467. The van der Waals surface area contributed by atoms with Crippen LogP contribution in [0.5, 0.6) is 0 Å². The third kappa shape index (κ3) is 10.1. The molecule has 13 heavy (non-hydrogen) atoms. The van der Waals surface area contributed by atoms with Crippen LogP contribution in [0.15, 0.2) is 0 Å². The van der Waals surface area contributed by atoms with Crippen LogP contribution in [0.3, 0.4) is 0 Å². The van der Waals surface area contributed by atoms with Gasteiger partial charge in [-0.1, -0.05) is 6.10 Å². The van der Waals surface area contributed by atoms with E-state index >= 15 is 0 Å². The largest absolute Gasteiger partial charge is 1.00 e. The van der Waals surface area contributed by atoms with Crippen LogP contribution in [-0.4, -0.2) is 29.3 Å². The molecule has 0 heterocycles. The Balaban J connectivity index is -0.000000135. The van der Waals surface area contributed by atoms with Gasteiger partial charge in [0, 0.05) is 5.97 Å². The van der Waals surface area contributed by atoms with Crippen molar-refractivity contribution < 1.29 is 119 Å². The van der Waals surface area contributed by atoms with E-state index in [0.29, 0.717) is 0 Å². The Morgan fingerprint density at radius 1 is 1.00 bits per heavy atom. The summed E-state index contributed by atoms with van der Waals surface area (Å²) in [6, 6.07) is 0. The normalized spacial score (nSPS) is 12.2. The maximum atomic E-state index is 10.0. The SMILES string of the molecule is O=C([O-])C([O-])C(O)C(=O)[O-].[Na+].[Na+].[Na+]. The van der Waals surface area contributed by atoms with Crippen LogP contribution in [-0.2, 0) is 9.59 Å². The smallest absolute Gasteiger partial charge is 0.846 e. The molecule has 0 spiro atoms. The van der Waals surface area contributed by atoms with E-state index in [1.165, 1.54) is 0 Å². The molecule has 0 rings (SSSR count). The van der Waals surface area contributed by atoms with Crippen LogP contribution in [0, 0.1) is 0 Å². The zero-order chi connectivity index (χ0) is 8.31. The molecule has 0 aromatic rings. The first-order chi connectivity index (χ1) is 4.46. The molecule has 6 nitrogen and oxygen atoms in total. The van der Waals surface area contributed by atoms with Crippen LogP contribution in [0.2, 0.25) is 0 Å². The second-order valence-electron chi connectivity index (χ2n) is 1.50. The van der Waals surface area contributed by atoms with Crippen LogP contribution in [0.4, 0.5) is 0 Å². The van der Waals surface area contributed by atoms with Gasteiger partial charge in [-0.25, -0.2) is 0 Å². The fourth-order valence-electron chi connectivity index (χ4n) is 0.252. The molecular formula is C4H3Na3O6. The fraction of sp³-hybridized carbons (Fsp3) is 0.500. The molecule has 9 heteroatoms. The maximum absolute atomic E-state index is 10.0. The third-order valence-corrected chi connectivity index (χ3v) is 0.761. The second-order valence-corrected chi connectivity index (χ2v) is 1.50. The van der Waals surface area contributed by atoms with Gasteiger partial charge in [0.25, 0.3) is 0 Å². The summed E-state index contributed by atoms with van der Waals surface area (Å²) in [5.41, 5.74) is 0. The molecule has 0 fully saturated rings. The summed E-state index contributed by atoms with van der Waals surface area (Å²) in [6.45, 7) is 0. The predicted molar refractivity (Wildman–Crippen MR) is 19.8 cm³/mol. The molecule has 0 amide bonds. The maximum Gasteiger partial charge on any atom is 1.00 e. The Hall–Kier alpha value is 1.86. The van der Waals surface area contributed by atoms with E-state index in [1.54, 1.807) is 0 Å². The van der Waals surface area contributed by atoms with Gasteiger partial charge < -0.3 is 30.0 Å². The summed E-state index contributed by atoms with van der Waals surface area (Å²) < 4.78 is 0. The van der Waals surface area contributed by atoms with Gasteiger partial charge in [0.15, 0.2) is 0 Å². The summed E-state index contributed by atoms with van der Waals surface area (Å²) in [6.07, 6.45) is -5.24. The number of hydrogen-bond donors (Lipinski definition) is 1. The first-order valence-corrected chi connectivity index (χ1v) is 2.22. The molecule has 2 atom stereocenters. The monoisotopic (exact) mass is 216 g/mol. The van der Waals surface area contributed by atoms with E-state index in [9.17, 15) is 24.9 Å². The van der Waals surface area contributed by atoms with E-state index in [0.717, 1.165) is 0 Å². The molecule has 58 valence electrons. The molecular weight excluding hydrogens is 213 g/mol. The first kappa shape index (κ1) is 24.2. The molecule has 0 aliphatic carbocycles. The molecule has 0 aliphatic rings. The topological polar surface area (TPSA) is 124 Å². The number of aliphatic carboxylic acids is 2. The molecule has 0 aromatic heterocycles. The number of carboxylic acids is 2. The number of aliphatic hydroxyl groups excluding tert-OH is 1. The number of hydrogen-bond acceptors (Lipinski definition) is 6. The minimum Gasteiger partial charge on any atom is -0.846 e. The minimum atomic E-state index is -2.69. The van der Waals surface area contributed by atoms with Crippen LogP contribution in [0.1, 0.15) is 0 Å². The Kier molecular flexibility index (Phi) is 22.2. The van der Waals surface area contributed by atoms with Gasteiger partial charge in [-0.05, 0) is 0 Å². The molecule has 0 radical (unpaired) electrons. The van der Waals surface area contributed by atoms with Crippen molar-refractivity contribution in [2.45, 2.75) is 12.2 Å². The van der Waals surface area contributed by atoms with E-state index < -0.39 is 24.1 Å². The van der Waals surface area contributed by atoms with Gasteiger partial charge in [0.1, 0.15) is 0 Å². The van der Waals surface area contributed by atoms with Crippen LogP contribution < -0.4 is 104 Å². The van der Waals surface area contributed by atoms with Crippen molar-refractivity contribution in [1.82, 2.24) is 0 Å². The van der Waals surface area contributed by atoms with Crippen molar-refractivity contribution in [2.24, 2.45) is 0 Å². The van der Waals surface area contributed by atoms with Crippen LogP contribution in [0.25, 0.3) is 0 Å². The summed E-state index contributed by atoms with van der Waals surface area (Å²) >= 11 is 0. The van der Waals surface area contributed by atoms with Crippen molar-refractivity contribution in [3.63, 3.8) is 0 Å². The Labute approximate surface area is 141 Å². The summed E-state index contributed by atoms with van der Waals surface area (Å²) in [4.78, 5) is 19.2. The average Bonchev–Trinajstić information content (AvgIpc) is 1.84. The van der Waals surface area contributed by atoms with E-state index in [4.69, 9.17) is 5.11 Å². The van der Waals surface area contributed by atoms with Gasteiger partial charge in [0.2, 0.25) is 0 Å². The molecule has 0 bridgehead atoms. The summed E-state index contributed by atoms with van der Waals surface area (Å²) in [7, 11) is 0. The Morgan fingerprint density at radius 2 is 1.31 bits per heavy atom. The number of carboxylic acid groups (broad SMARTS) is 2. The molecule has 0 aliphatic heterocycles. The van der Waals surface area contributed by atoms with Gasteiger partial charge in [-0.3, -0.25) is 0 Å². The van der Waals surface area contributed by atoms with Gasteiger partial charge in [0.05, 0.1) is 12.1 Å². The van der Waals surface area contributed by atoms with Crippen molar-refractivity contribution in [1.29, 1.82) is 0 Å². The first-order valence-electron chi connectivity index (χ1n) is 2.22. The predicted octanol–water partition coefficient (Wildman–Crippen LogP) is -14.4. The Morgan fingerprint density at radius 3 is 1.38 bits per heavy atom. The van der Waals surface area contributed by atoms with Gasteiger partial charge in [-0.15, -0.1) is 0 Å². The van der Waals surface area contributed by atoms with Crippen molar-refractivity contribution in [3.8, 4) is 0 Å². The zero-order valence-electron chi connectivity index (χ0n) is 7.64. The number of carbonyl (C=O) groups excluding carboxylic acids is 2. The fourth-order valence-corrected chi connectivity index (χ4v) is 0.252. The molecule has 0 aromatic carbocycles. The number of carbonyl (C=O) groups is 2. The zero-order valence-corrected chi connectivity index (χ0v) is 13.6. The van der Waals surface area contributed by atoms with E-state index in [2.05, 4.69) is 0 Å². The molecule has 0 saturated carbocycles. The molecule has 0 saturated heterocycles. The van der Waals surface area contributed by atoms with E-state index in [-0.39, 0.29) is 88.7 Å². The summed E-state index contributed by atoms with van der Waals surface area (Å²) in [5, 5.41) is 37.4. The van der Waals surface area contributed by atoms with Gasteiger partial charge >= 0.3 is 88.7 Å². The number of aliphatic hydroxyl groups is 1. The van der Waals surface area contributed by atoms with E-state index in [1.807, 2.05) is 0 Å². The van der Waals surface area contributed by atoms with Gasteiger partial charge in [-0.2, -0.15) is 0 Å². The second kappa shape index (κ2) is 11.9. The minimum absolute atomic E-state index is 0. The van der Waals surface area contributed by atoms with Crippen molar-refractivity contribution in [3.05, 3.63) is 0 Å². The average molecular weight is 216 g/mol. The number of rotatable bonds is 3. The Bertz CT molecular complexity index is 144. The standard InChI is InChI=1S/C4H5O6.3Na/c5-1(3(7)8)2(6)4(9)10;;;/h1-2,5H,(H,7,8)(H,9,10);;;/q-1;3*+1/p-2. The molecule has 1 N–H and O–H groups in total. The van der Waals surface area contributed by atoms with Crippen molar-refractivity contribution in [2.75, 3.05) is 0 Å². The van der Waals surface area contributed by atoms with Crippen molar-refractivity contribution >= 4 is 11.9 Å². The molecule has 2 unspecified atom stereocenters. The summed E-state index contributed by atoms with van der Waals surface area (Å²) in [5.74, 6) is -4.29.